The molecule has 4 aromatic carbocycles. The maximum Gasteiger partial charge on any atom is 0.240 e. The van der Waals surface area contributed by atoms with E-state index in [0.29, 0.717) is 32.5 Å². The molecule has 228 valence electrons. The predicted octanol–water partition coefficient (Wildman–Crippen LogP) is 6.93. The third kappa shape index (κ3) is 6.96. The van der Waals surface area contributed by atoms with Gasteiger partial charge in [-0.15, -0.1) is 0 Å². The Balaban J connectivity index is 0.969. The van der Waals surface area contributed by atoms with Crippen LogP contribution in [0.2, 0.25) is 0 Å². The van der Waals surface area contributed by atoms with Crippen molar-refractivity contribution in [2.45, 2.75) is 45.2 Å². The van der Waals surface area contributed by atoms with Crippen LogP contribution in [-0.4, -0.2) is 46.5 Å². The molecule has 2 aliphatic heterocycles. The third-order valence-corrected chi connectivity index (χ3v) is 8.04. The number of ether oxygens (including phenoxy) is 2. The number of amides is 2. The number of carbonyl (C=O) groups is 2. The van der Waals surface area contributed by atoms with Gasteiger partial charge in [0.1, 0.15) is 11.5 Å². The van der Waals surface area contributed by atoms with E-state index in [0.717, 1.165) is 45.2 Å². The summed E-state index contributed by atoms with van der Waals surface area (Å²) in [5, 5.41) is 12.4. The van der Waals surface area contributed by atoms with Gasteiger partial charge < -0.3 is 9.47 Å². The average Bonchev–Trinajstić information content (AvgIpc) is 3.73. The quantitative estimate of drug-likeness (QED) is 0.185. The van der Waals surface area contributed by atoms with Crippen molar-refractivity contribution in [3.63, 3.8) is 0 Å². The van der Waals surface area contributed by atoms with Crippen molar-refractivity contribution in [2.75, 3.05) is 13.2 Å². The topological polar surface area (TPSA) is 83.8 Å². The highest BCUT2D eigenvalue weighted by Crippen LogP contribution is 2.35. The van der Waals surface area contributed by atoms with Crippen molar-refractivity contribution in [2.24, 2.45) is 10.2 Å². The van der Waals surface area contributed by atoms with Gasteiger partial charge in [0, 0.05) is 33.1 Å². The first-order valence-corrected chi connectivity index (χ1v) is 15.3. The maximum atomic E-state index is 12.3. The van der Waals surface area contributed by atoms with Gasteiger partial charge in [0.05, 0.1) is 36.7 Å². The maximum absolute atomic E-state index is 12.3. The minimum absolute atomic E-state index is 0.0799. The predicted molar refractivity (Wildman–Crippen MR) is 174 cm³/mol. The summed E-state index contributed by atoms with van der Waals surface area (Å²) in [6.45, 7) is 4.12. The summed E-state index contributed by atoms with van der Waals surface area (Å²) in [4.78, 5) is 24.6. The number of carbonyl (C=O) groups excluding carboxylic acids is 2. The van der Waals surface area contributed by atoms with Crippen LogP contribution in [0.15, 0.2) is 119 Å². The Hall–Kier alpha value is -5.24. The van der Waals surface area contributed by atoms with Gasteiger partial charge in [0.15, 0.2) is 0 Å². The zero-order chi connectivity index (χ0) is 31.2. The fourth-order valence-corrected chi connectivity index (χ4v) is 5.74. The van der Waals surface area contributed by atoms with Gasteiger partial charge >= 0.3 is 0 Å². The Morgan fingerprint density at radius 2 is 0.978 bits per heavy atom. The van der Waals surface area contributed by atoms with E-state index in [1.54, 1.807) is 23.9 Å². The van der Waals surface area contributed by atoms with E-state index in [1.165, 1.54) is 0 Å². The Labute approximate surface area is 263 Å². The van der Waals surface area contributed by atoms with Gasteiger partial charge in [-0.1, -0.05) is 84.9 Å². The number of hydrazone groups is 2. The Bertz CT molecular complexity index is 1560. The van der Waals surface area contributed by atoms with Crippen LogP contribution in [0, 0.1) is 0 Å². The van der Waals surface area contributed by atoms with Crippen LogP contribution in [0.5, 0.6) is 11.5 Å². The molecule has 0 aliphatic carbocycles. The number of nitrogens with zero attached hydrogens (tertiary/aromatic N) is 4. The van der Waals surface area contributed by atoms with Crippen LogP contribution in [-0.2, 0) is 9.59 Å². The van der Waals surface area contributed by atoms with Crippen LogP contribution < -0.4 is 9.47 Å². The lowest BCUT2D eigenvalue weighted by Crippen LogP contribution is -2.24. The summed E-state index contributed by atoms with van der Waals surface area (Å²) in [5.74, 6) is 1.37. The van der Waals surface area contributed by atoms with E-state index in [9.17, 15) is 9.59 Å². The molecule has 2 heterocycles. The molecule has 4 aromatic rings. The lowest BCUT2D eigenvalue weighted by Gasteiger charge is -2.21. The molecule has 0 spiro atoms. The Morgan fingerprint density at radius 3 is 1.33 bits per heavy atom. The highest BCUT2D eigenvalue weighted by atomic mass is 16.5. The highest BCUT2D eigenvalue weighted by Gasteiger charge is 2.32. The van der Waals surface area contributed by atoms with Gasteiger partial charge in [-0.05, 0) is 46.5 Å². The molecule has 0 aromatic heterocycles. The van der Waals surface area contributed by atoms with Crippen LogP contribution in [0.3, 0.4) is 0 Å². The van der Waals surface area contributed by atoms with Crippen LogP contribution >= 0.6 is 0 Å². The van der Waals surface area contributed by atoms with Crippen molar-refractivity contribution >= 4 is 23.2 Å². The molecular weight excluding hydrogens is 564 g/mol. The van der Waals surface area contributed by atoms with Crippen LogP contribution in [0.25, 0.3) is 0 Å². The van der Waals surface area contributed by atoms with E-state index in [2.05, 4.69) is 10.2 Å². The summed E-state index contributed by atoms with van der Waals surface area (Å²) >= 11 is 0. The van der Waals surface area contributed by atoms with Crippen molar-refractivity contribution < 1.29 is 19.1 Å². The largest absolute Gasteiger partial charge is 0.493 e. The smallest absolute Gasteiger partial charge is 0.240 e. The zero-order valence-corrected chi connectivity index (χ0v) is 25.5. The monoisotopic (exact) mass is 600 g/mol. The van der Waals surface area contributed by atoms with Gasteiger partial charge in [-0.2, -0.15) is 10.2 Å². The third-order valence-electron chi connectivity index (χ3n) is 8.04. The molecule has 0 N–H and O–H groups in total. The lowest BCUT2D eigenvalue weighted by molar-refractivity contribution is -0.131. The minimum atomic E-state index is -0.135. The molecule has 0 bridgehead atoms. The van der Waals surface area contributed by atoms with Crippen LogP contribution in [0.4, 0.5) is 0 Å². The second-order valence-corrected chi connectivity index (χ2v) is 11.2. The molecule has 45 heavy (non-hydrogen) atoms. The van der Waals surface area contributed by atoms with Crippen molar-refractivity contribution in [3.8, 4) is 11.5 Å². The van der Waals surface area contributed by atoms with Crippen molar-refractivity contribution in [3.05, 3.63) is 131 Å². The lowest BCUT2D eigenvalue weighted by atomic mass is 9.98. The standard InChI is InChI=1S/C37H36N4O4/c1-26(42)40-36(24-34(38-40)28-10-5-3-6-11-28)30-14-18-32(19-15-30)44-22-9-23-45-33-20-16-31(17-21-33)37-25-35(39-41(37)27(2)43)29-12-7-4-8-13-29/h3-8,10-21,36-37H,9,22-25H2,1-2H3. The van der Waals surface area contributed by atoms with E-state index >= 15 is 0 Å². The summed E-state index contributed by atoms with van der Waals surface area (Å²) in [6.07, 6.45) is 2.05. The van der Waals surface area contributed by atoms with Gasteiger partial charge in [-0.25, -0.2) is 10.0 Å². The molecule has 2 atom stereocenters. The summed E-state index contributed by atoms with van der Waals surface area (Å²) in [7, 11) is 0. The molecule has 0 radical (unpaired) electrons. The molecule has 0 saturated carbocycles. The molecule has 0 fully saturated rings. The van der Waals surface area contributed by atoms with Gasteiger partial charge in [-0.3, -0.25) is 9.59 Å². The first kappa shape index (κ1) is 29.8. The Kier molecular flexibility index (Phi) is 9.01. The van der Waals surface area contributed by atoms with E-state index in [4.69, 9.17) is 9.47 Å². The van der Waals surface area contributed by atoms with E-state index in [-0.39, 0.29) is 23.9 Å². The van der Waals surface area contributed by atoms with E-state index < -0.39 is 0 Å². The summed E-state index contributed by atoms with van der Waals surface area (Å²) in [5.41, 5.74) is 5.92. The second-order valence-electron chi connectivity index (χ2n) is 11.2. The first-order chi connectivity index (χ1) is 22.0. The minimum Gasteiger partial charge on any atom is -0.493 e. The average molecular weight is 601 g/mol. The Morgan fingerprint density at radius 1 is 0.600 bits per heavy atom. The van der Waals surface area contributed by atoms with Gasteiger partial charge in [0.2, 0.25) is 11.8 Å². The first-order valence-electron chi connectivity index (χ1n) is 15.3. The van der Waals surface area contributed by atoms with Crippen LogP contribution in [0.1, 0.15) is 67.4 Å². The van der Waals surface area contributed by atoms with Gasteiger partial charge in [0.25, 0.3) is 0 Å². The van der Waals surface area contributed by atoms with E-state index in [1.807, 2.05) is 109 Å². The molecule has 2 amide bonds. The highest BCUT2D eigenvalue weighted by molar-refractivity contribution is 6.03. The second kappa shape index (κ2) is 13.6. The molecule has 8 heteroatoms. The number of hydrogen-bond donors (Lipinski definition) is 0. The molecular formula is C37H36N4O4. The summed E-state index contributed by atoms with van der Waals surface area (Å²) in [6, 6.07) is 35.4. The van der Waals surface area contributed by atoms with Crippen molar-refractivity contribution in [1.29, 1.82) is 0 Å². The van der Waals surface area contributed by atoms with Crippen molar-refractivity contribution in [1.82, 2.24) is 10.0 Å². The normalized spacial score (nSPS) is 17.6. The molecule has 0 saturated heterocycles. The number of hydrogen-bond acceptors (Lipinski definition) is 6. The zero-order valence-electron chi connectivity index (χ0n) is 25.5. The number of benzene rings is 4. The molecule has 6 rings (SSSR count). The molecule has 2 aliphatic rings. The number of rotatable bonds is 10. The SMILES string of the molecule is CC(=O)N1N=C(c2ccccc2)CC1c1ccc(OCCCOc2ccc(C3CC(c4ccccc4)=NN3C(C)=O)cc2)cc1. The summed E-state index contributed by atoms with van der Waals surface area (Å²) < 4.78 is 11.9. The fraction of sp³-hybridized carbons (Fsp3) is 0.243. The molecule has 8 nitrogen and oxygen atoms in total. The molecule has 2 unspecified atom stereocenters. The fourth-order valence-electron chi connectivity index (χ4n) is 5.74.